The van der Waals surface area contributed by atoms with Crippen molar-refractivity contribution in [2.75, 3.05) is 19.8 Å². The van der Waals surface area contributed by atoms with E-state index in [9.17, 15) is 5.11 Å². The quantitative estimate of drug-likeness (QED) is 0.743. The lowest BCUT2D eigenvalue weighted by Crippen LogP contribution is -2.58. The van der Waals surface area contributed by atoms with Gasteiger partial charge in [0.25, 0.3) is 0 Å². The molecular weight excluding hydrogens is 228 g/mol. The molecule has 0 aromatic carbocycles. The predicted octanol–water partition coefficient (Wildman–Crippen LogP) is 2.90. The molecule has 0 amide bonds. The molecule has 2 fully saturated rings. The first-order valence-corrected chi connectivity index (χ1v) is 7.67. The van der Waals surface area contributed by atoms with Crippen LogP contribution >= 0.6 is 0 Å². The van der Waals surface area contributed by atoms with Gasteiger partial charge >= 0.3 is 0 Å². The van der Waals surface area contributed by atoms with E-state index in [0.717, 1.165) is 32.3 Å². The van der Waals surface area contributed by atoms with E-state index in [-0.39, 0.29) is 17.6 Å². The molecule has 2 atom stereocenters. The van der Waals surface area contributed by atoms with Crippen molar-refractivity contribution < 1.29 is 14.6 Å². The van der Waals surface area contributed by atoms with Crippen LogP contribution in [0.1, 0.15) is 58.3 Å². The van der Waals surface area contributed by atoms with Crippen molar-refractivity contribution >= 4 is 0 Å². The summed E-state index contributed by atoms with van der Waals surface area (Å²) in [5, 5.41) is 10.1. The third-order valence-corrected chi connectivity index (χ3v) is 4.67. The fourth-order valence-electron chi connectivity index (χ4n) is 3.50. The van der Waals surface area contributed by atoms with Crippen LogP contribution in [0.25, 0.3) is 0 Å². The molecule has 0 aromatic rings. The minimum Gasteiger partial charge on any atom is -0.392 e. The van der Waals surface area contributed by atoms with Crippen molar-refractivity contribution in [3.8, 4) is 0 Å². The van der Waals surface area contributed by atoms with E-state index in [0.29, 0.717) is 13.2 Å². The maximum atomic E-state index is 10.1. The van der Waals surface area contributed by atoms with Crippen LogP contribution in [-0.2, 0) is 9.47 Å². The van der Waals surface area contributed by atoms with Crippen LogP contribution in [0.15, 0.2) is 0 Å². The van der Waals surface area contributed by atoms with Crippen LogP contribution in [0.2, 0.25) is 0 Å². The van der Waals surface area contributed by atoms with Crippen LogP contribution in [0.3, 0.4) is 0 Å². The zero-order valence-electron chi connectivity index (χ0n) is 11.7. The van der Waals surface area contributed by atoms with Crippen LogP contribution < -0.4 is 0 Å². The van der Waals surface area contributed by atoms with Crippen molar-refractivity contribution in [3.63, 3.8) is 0 Å². The van der Waals surface area contributed by atoms with Gasteiger partial charge in [0.2, 0.25) is 0 Å². The third kappa shape index (κ3) is 3.06. The molecule has 106 valence electrons. The Balaban J connectivity index is 1.74. The molecule has 2 aliphatic rings. The molecule has 3 nitrogen and oxygen atoms in total. The van der Waals surface area contributed by atoms with Crippen molar-refractivity contribution in [1.82, 2.24) is 0 Å². The van der Waals surface area contributed by atoms with E-state index in [1.54, 1.807) is 0 Å². The van der Waals surface area contributed by atoms with E-state index < -0.39 is 0 Å². The highest BCUT2D eigenvalue weighted by atomic mass is 16.5. The van der Waals surface area contributed by atoms with E-state index >= 15 is 0 Å². The number of ether oxygens (including phenoxy) is 2. The summed E-state index contributed by atoms with van der Waals surface area (Å²) in [5.41, 5.74) is 0.0846. The van der Waals surface area contributed by atoms with Crippen molar-refractivity contribution in [1.29, 1.82) is 0 Å². The van der Waals surface area contributed by atoms with E-state index in [2.05, 4.69) is 6.92 Å². The summed E-state index contributed by atoms with van der Waals surface area (Å²) in [6.45, 7) is 4.31. The first kappa shape index (κ1) is 14.3. The number of hydrogen-bond donors (Lipinski definition) is 1. The van der Waals surface area contributed by atoms with Gasteiger partial charge in [-0.05, 0) is 19.3 Å². The number of rotatable bonds is 6. The molecule has 2 rings (SSSR count). The molecule has 0 heterocycles. The highest BCUT2D eigenvalue weighted by molar-refractivity contribution is 5.04. The zero-order valence-corrected chi connectivity index (χ0v) is 11.7. The number of hydrogen-bond acceptors (Lipinski definition) is 3. The van der Waals surface area contributed by atoms with Crippen molar-refractivity contribution in [3.05, 3.63) is 0 Å². The SMILES string of the molecule is CCCOCCOC1CC(O)C12CCCCCC2. The van der Waals surface area contributed by atoms with Gasteiger partial charge in [-0.3, -0.25) is 0 Å². The largest absolute Gasteiger partial charge is 0.392 e. The van der Waals surface area contributed by atoms with Crippen LogP contribution in [0, 0.1) is 5.41 Å². The van der Waals surface area contributed by atoms with Crippen LogP contribution in [0.4, 0.5) is 0 Å². The monoisotopic (exact) mass is 256 g/mol. The van der Waals surface area contributed by atoms with Gasteiger partial charge in [-0.1, -0.05) is 32.6 Å². The standard InChI is InChI=1S/C15H28O3/c1-2-9-17-10-11-18-14-12-13(16)15(14)7-5-3-4-6-8-15/h13-14,16H,2-12H2,1H3. The smallest absolute Gasteiger partial charge is 0.0704 e. The third-order valence-electron chi connectivity index (χ3n) is 4.67. The molecule has 2 aliphatic carbocycles. The molecule has 0 saturated heterocycles. The molecule has 2 saturated carbocycles. The summed E-state index contributed by atoms with van der Waals surface area (Å²) in [7, 11) is 0. The maximum Gasteiger partial charge on any atom is 0.0704 e. The van der Waals surface area contributed by atoms with Crippen molar-refractivity contribution in [2.24, 2.45) is 5.41 Å². The molecule has 0 radical (unpaired) electrons. The molecule has 0 aromatic heterocycles. The summed E-state index contributed by atoms with van der Waals surface area (Å²) in [6, 6.07) is 0. The second kappa shape index (κ2) is 6.88. The summed E-state index contributed by atoms with van der Waals surface area (Å²) < 4.78 is 11.4. The van der Waals surface area contributed by atoms with Gasteiger partial charge in [-0.25, -0.2) is 0 Å². The molecule has 18 heavy (non-hydrogen) atoms. The number of aliphatic hydroxyl groups excluding tert-OH is 1. The van der Waals surface area contributed by atoms with E-state index in [4.69, 9.17) is 9.47 Å². The molecule has 3 heteroatoms. The first-order valence-electron chi connectivity index (χ1n) is 7.67. The Morgan fingerprint density at radius 2 is 1.78 bits per heavy atom. The van der Waals surface area contributed by atoms with Gasteiger partial charge < -0.3 is 14.6 Å². The molecule has 0 aliphatic heterocycles. The lowest BCUT2D eigenvalue weighted by atomic mass is 9.59. The fourth-order valence-corrected chi connectivity index (χ4v) is 3.50. The van der Waals surface area contributed by atoms with E-state index in [1.807, 2.05) is 0 Å². The summed E-state index contributed by atoms with van der Waals surface area (Å²) >= 11 is 0. The molecule has 2 unspecified atom stereocenters. The topological polar surface area (TPSA) is 38.7 Å². The summed E-state index contributed by atoms with van der Waals surface area (Å²) in [4.78, 5) is 0. The summed E-state index contributed by atoms with van der Waals surface area (Å²) in [6.07, 6.45) is 9.48. The Bertz CT molecular complexity index is 234. The second-order valence-corrected chi connectivity index (χ2v) is 5.87. The lowest BCUT2D eigenvalue weighted by Gasteiger charge is -2.53. The van der Waals surface area contributed by atoms with Crippen LogP contribution in [-0.4, -0.2) is 37.1 Å². The van der Waals surface area contributed by atoms with Gasteiger partial charge in [-0.2, -0.15) is 0 Å². The Labute approximate surface area is 111 Å². The highest BCUT2D eigenvalue weighted by Gasteiger charge is 2.54. The van der Waals surface area contributed by atoms with Gasteiger partial charge in [0, 0.05) is 18.4 Å². The minimum atomic E-state index is -0.128. The predicted molar refractivity (Wildman–Crippen MR) is 71.6 cm³/mol. The molecule has 1 N–H and O–H groups in total. The Morgan fingerprint density at radius 3 is 2.39 bits per heavy atom. The van der Waals surface area contributed by atoms with Gasteiger partial charge in [0.1, 0.15) is 0 Å². The molecular formula is C15H28O3. The maximum absolute atomic E-state index is 10.1. The highest BCUT2D eigenvalue weighted by Crippen LogP contribution is 2.52. The van der Waals surface area contributed by atoms with Crippen LogP contribution in [0.5, 0.6) is 0 Å². The molecule has 0 bridgehead atoms. The minimum absolute atomic E-state index is 0.0846. The van der Waals surface area contributed by atoms with Gasteiger partial charge in [0.05, 0.1) is 25.4 Å². The molecule has 1 spiro atoms. The first-order chi connectivity index (χ1) is 8.79. The lowest BCUT2D eigenvalue weighted by molar-refractivity contribution is -0.202. The number of aliphatic hydroxyl groups is 1. The van der Waals surface area contributed by atoms with Crippen molar-refractivity contribution in [2.45, 2.75) is 70.5 Å². The van der Waals surface area contributed by atoms with Gasteiger partial charge in [0.15, 0.2) is 0 Å². The fraction of sp³-hybridized carbons (Fsp3) is 1.00. The zero-order chi connectivity index (χ0) is 12.8. The summed E-state index contributed by atoms with van der Waals surface area (Å²) in [5.74, 6) is 0. The van der Waals surface area contributed by atoms with E-state index in [1.165, 1.54) is 25.7 Å². The Hall–Kier alpha value is -0.120. The average Bonchev–Trinajstić information content (AvgIpc) is 2.65. The Morgan fingerprint density at radius 1 is 1.06 bits per heavy atom. The average molecular weight is 256 g/mol. The normalized spacial score (nSPS) is 31.0. The Kier molecular flexibility index (Phi) is 5.46. The second-order valence-electron chi connectivity index (χ2n) is 5.87. The van der Waals surface area contributed by atoms with Gasteiger partial charge in [-0.15, -0.1) is 0 Å².